The average Bonchev–Trinajstić information content (AvgIpc) is 2.74. The van der Waals surface area contributed by atoms with Gasteiger partial charge in [-0.15, -0.1) is 0 Å². The number of hydrogen-bond donors (Lipinski definition) is 3. The Morgan fingerprint density at radius 2 is 2.15 bits per heavy atom. The van der Waals surface area contributed by atoms with Gasteiger partial charge in [0.15, 0.2) is 5.96 Å². The number of carbonyl (C=O) groups is 2. The average molecular weight is 301 g/mol. The molecule has 0 unspecified atom stereocenters. The first-order valence-corrected chi connectivity index (χ1v) is 7.70. The molecular formula is C12H23N5O2S. The van der Waals surface area contributed by atoms with Crippen molar-refractivity contribution in [3.63, 3.8) is 0 Å². The quantitative estimate of drug-likeness (QED) is 0.361. The number of hydrogen-bond acceptors (Lipinski definition) is 4. The minimum Gasteiger partial charge on any atom is -0.355 e. The van der Waals surface area contributed by atoms with Gasteiger partial charge in [-0.05, 0) is 20.1 Å². The normalized spacial score (nSPS) is 16.4. The Labute approximate surface area is 123 Å². The van der Waals surface area contributed by atoms with Gasteiger partial charge in [-0.3, -0.25) is 14.7 Å². The summed E-state index contributed by atoms with van der Waals surface area (Å²) in [6, 6.07) is -0.330. The Balaban J connectivity index is 2.32. The molecule has 0 aromatic carbocycles. The fourth-order valence-electron chi connectivity index (χ4n) is 1.56. The third-order valence-electron chi connectivity index (χ3n) is 3.02. The first-order valence-electron chi connectivity index (χ1n) is 6.47. The molecule has 0 aliphatic carbocycles. The first-order chi connectivity index (χ1) is 9.39. The zero-order chi connectivity index (χ0) is 15.2. The van der Waals surface area contributed by atoms with E-state index in [4.69, 9.17) is 0 Å². The van der Waals surface area contributed by atoms with Gasteiger partial charge in [0, 0.05) is 31.4 Å². The van der Waals surface area contributed by atoms with Gasteiger partial charge in [-0.1, -0.05) is 0 Å². The summed E-state index contributed by atoms with van der Waals surface area (Å²) < 4.78 is 0.114. The van der Waals surface area contributed by atoms with E-state index in [9.17, 15) is 9.59 Å². The molecule has 1 saturated heterocycles. The largest absolute Gasteiger partial charge is 0.355 e. The van der Waals surface area contributed by atoms with Gasteiger partial charge in [0.25, 0.3) is 0 Å². The van der Waals surface area contributed by atoms with E-state index in [0.717, 1.165) is 6.54 Å². The Hall–Kier alpha value is -1.44. The summed E-state index contributed by atoms with van der Waals surface area (Å²) >= 11 is 1.77. The van der Waals surface area contributed by atoms with Crippen LogP contribution in [0.25, 0.3) is 0 Å². The van der Waals surface area contributed by atoms with E-state index in [-0.39, 0.29) is 23.2 Å². The standard InChI is InChI=1S/C12H23N5O2S/c1-12(2,20-4)8-16-10(13-3)14-5-6-17-9(18)7-15-11(17)19/h5-8H2,1-4H3,(H,15,19)(H2,13,14,16). The summed E-state index contributed by atoms with van der Waals surface area (Å²) in [5.74, 6) is 0.474. The Morgan fingerprint density at radius 3 is 2.65 bits per heavy atom. The van der Waals surface area contributed by atoms with Gasteiger partial charge in [0.2, 0.25) is 5.91 Å². The van der Waals surface area contributed by atoms with E-state index in [1.807, 2.05) is 0 Å². The van der Waals surface area contributed by atoms with Crippen molar-refractivity contribution in [1.29, 1.82) is 0 Å². The van der Waals surface area contributed by atoms with Crippen molar-refractivity contribution in [1.82, 2.24) is 20.9 Å². The lowest BCUT2D eigenvalue weighted by Crippen LogP contribution is -2.46. The molecule has 0 aromatic rings. The maximum absolute atomic E-state index is 11.4. The lowest BCUT2D eigenvalue weighted by Gasteiger charge is -2.24. The smallest absolute Gasteiger partial charge is 0.324 e. The van der Waals surface area contributed by atoms with Crippen molar-refractivity contribution in [2.75, 3.05) is 39.5 Å². The summed E-state index contributed by atoms with van der Waals surface area (Å²) in [6.45, 7) is 5.96. The molecule has 0 aromatic heterocycles. The van der Waals surface area contributed by atoms with Crippen LogP contribution < -0.4 is 16.0 Å². The second kappa shape index (κ2) is 7.37. The van der Waals surface area contributed by atoms with Crippen LogP contribution in [0.5, 0.6) is 0 Å². The highest BCUT2D eigenvalue weighted by Crippen LogP contribution is 2.19. The number of aliphatic imine (C=N–C) groups is 1. The number of urea groups is 1. The Bertz CT molecular complexity index is 381. The summed E-state index contributed by atoms with van der Waals surface area (Å²) in [7, 11) is 1.69. The Kier molecular flexibility index (Phi) is 6.12. The number of rotatable bonds is 6. The fourth-order valence-corrected chi connectivity index (χ4v) is 1.77. The van der Waals surface area contributed by atoms with Crippen LogP contribution in [0.15, 0.2) is 4.99 Å². The van der Waals surface area contributed by atoms with E-state index in [0.29, 0.717) is 19.0 Å². The van der Waals surface area contributed by atoms with Crippen molar-refractivity contribution in [2.45, 2.75) is 18.6 Å². The highest BCUT2D eigenvalue weighted by Gasteiger charge is 2.27. The number of amides is 3. The predicted molar refractivity (Wildman–Crippen MR) is 82.1 cm³/mol. The van der Waals surface area contributed by atoms with E-state index in [1.165, 1.54) is 4.90 Å². The second-order valence-electron chi connectivity index (χ2n) is 5.02. The third kappa shape index (κ3) is 4.92. The molecule has 0 atom stereocenters. The Morgan fingerprint density at radius 1 is 1.45 bits per heavy atom. The highest BCUT2D eigenvalue weighted by molar-refractivity contribution is 7.99. The number of carbonyl (C=O) groups excluding carboxylic acids is 2. The number of imide groups is 1. The van der Waals surface area contributed by atoms with Crippen LogP contribution in [0.3, 0.4) is 0 Å². The molecule has 7 nitrogen and oxygen atoms in total. The molecular weight excluding hydrogens is 278 g/mol. The van der Waals surface area contributed by atoms with Crippen molar-refractivity contribution in [3.8, 4) is 0 Å². The molecule has 0 saturated carbocycles. The number of nitrogens with one attached hydrogen (secondary N) is 3. The SMILES string of the molecule is CN=C(NCCN1C(=O)CNC1=O)NCC(C)(C)SC. The molecule has 114 valence electrons. The van der Waals surface area contributed by atoms with Gasteiger partial charge in [0.05, 0.1) is 6.54 Å². The predicted octanol–water partition coefficient (Wildman–Crippen LogP) is -0.155. The molecule has 3 amide bonds. The third-order valence-corrected chi connectivity index (χ3v) is 4.27. The summed E-state index contributed by atoms with van der Waals surface area (Å²) in [6.07, 6.45) is 2.06. The summed E-state index contributed by atoms with van der Waals surface area (Å²) in [5, 5.41) is 8.80. The van der Waals surface area contributed by atoms with Gasteiger partial charge in [-0.2, -0.15) is 11.8 Å². The van der Waals surface area contributed by atoms with Crippen molar-refractivity contribution in [3.05, 3.63) is 0 Å². The highest BCUT2D eigenvalue weighted by atomic mass is 32.2. The maximum Gasteiger partial charge on any atom is 0.324 e. The minimum absolute atomic E-state index is 0.0910. The molecule has 0 bridgehead atoms. The zero-order valence-electron chi connectivity index (χ0n) is 12.4. The van der Waals surface area contributed by atoms with Gasteiger partial charge >= 0.3 is 6.03 Å². The van der Waals surface area contributed by atoms with Crippen LogP contribution in [-0.2, 0) is 4.79 Å². The molecule has 8 heteroatoms. The molecule has 1 fully saturated rings. The van der Waals surface area contributed by atoms with Gasteiger partial charge < -0.3 is 16.0 Å². The lowest BCUT2D eigenvalue weighted by molar-refractivity contribution is -0.124. The molecule has 0 radical (unpaired) electrons. The first kappa shape index (κ1) is 16.6. The van der Waals surface area contributed by atoms with Crippen LogP contribution in [0.4, 0.5) is 4.79 Å². The van der Waals surface area contributed by atoms with Gasteiger partial charge in [0.1, 0.15) is 0 Å². The van der Waals surface area contributed by atoms with E-state index in [1.54, 1.807) is 18.8 Å². The molecule has 0 spiro atoms. The second-order valence-corrected chi connectivity index (χ2v) is 6.53. The van der Waals surface area contributed by atoms with E-state index < -0.39 is 0 Å². The number of nitrogens with zero attached hydrogens (tertiary/aromatic N) is 2. The number of thioether (sulfide) groups is 1. The van der Waals surface area contributed by atoms with Crippen LogP contribution in [0, 0.1) is 0 Å². The van der Waals surface area contributed by atoms with Crippen LogP contribution >= 0.6 is 11.8 Å². The molecule has 20 heavy (non-hydrogen) atoms. The zero-order valence-corrected chi connectivity index (χ0v) is 13.3. The maximum atomic E-state index is 11.4. The van der Waals surface area contributed by atoms with Crippen LogP contribution in [-0.4, -0.2) is 67.0 Å². The van der Waals surface area contributed by atoms with E-state index >= 15 is 0 Å². The summed E-state index contributed by atoms with van der Waals surface area (Å²) in [5.41, 5.74) is 0. The van der Waals surface area contributed by atoms with Crippen molar-refractivity contribution >= 4 is 29.7 Å². The minimum atomic E-state index is -0.330. The van der Waals surface area contributed by atoms with E-state index in [2.05, 4.69) is 41.0 Å². The van der Waals surface area contributed by atoms with Crippen molar-refractivity contribution in [2.24, 2.45) is 4.99 Å². The van der Waals surface area contributed by atoms with Crippen LogP contribution in [0.1, 0.15) is 13.8 Å². The van der Waals surface area contributed by atoms with Gasteiger partial charge in [-0.25, -0.2) is 4.79 Å². The monoisotopic (exact) mass is 301 g/mol. The molecule has 1 heterocycles. The topological polar surface area (TPSA) is 85.8 Å². The fraction of sp³-hybridized carbons (Fsp3) is 0.750. The molecule has 1 aliphatic rings. The molecule has 1 aliphatic heterocycles. The van der Waals surface area contributed by atoms with Crippen molar-refractivity contribution < 1.29 is 9.59 Å². The lowest BCUT2D eigenvalue weighted by atomic mass is 10.2. The summed E-state index contributed by atoms with van der Waals surface area (Å²) in [4.78, 5) is 28.0. The van der Waals surface area contributed by atoms with Crippen LogP contribution in [0.2, 0.25) is 0 Å². The molecule has 1 rings (SSSR count). The molecule has 3 N–H and O–H groups in total. The number of guanidine groups is 1.